The van der Waals surface area contributed by atoms with Crippen molar-refractivity contribution in [1.82, 2.24) is 0 Å². The third-order valence-corrected chi connectivity index (χ3v) is 17.3. The van der Waals surface area contributed by atoms with Crippen LogP contribution in [0.5, 0.6) is 0 Å². The molecule has 0 aliphatic carbocycles. The summed E-state index contributed by atoms with van der Waals surface area (Å²) < 4.78 is 0. The quantitative estimate of drug-likeness (QED) is 0.253. The van der Waals surface area contributed by atoms with Gasteiger partial charge in [-0.3, -0.25) is 0 Å². The lowest BCUT2D eigenvalue weighted by Gasteiger charge is -2.53. The van der Waals surface area contributed by atoms with Crippen LogP contribution < -0.4 is 41.4 Å². The van der Waals surface area contributed by atoms with E-state index in [1.807, 2.05) is 0 Å². The fourth-order valence-electron chi connectivity index (χ4n) is 8.42. The van der Waals surface area contributed by atoms with Crippen LogP contribution in [0.3, 0.4) is 0 Å². The van der Waals surface area contributed by atoms with E-state index >= 15 is 0 Å². The Kier molecular flexibility index (Phi) is 4.18. The molecule has 40 heavy (non-hydrogen) atoms. The van der Waals surface area contributed by atoms with E-state index in [0.717, 1.165) is 0 Å². The second kappa shape index (κ2) is 7.28. The smallest absolute Gasteiger partial charge is 0.333 e. The second-order valence-electron chi connectivity index (χ2n) is 13.1. The molecule has 2 nitrogen and oxygen atoms in total. The summed E-state index contributed by atoms with van der Waals surface area (Å²) in [6.45, 7) is 12.6. The summed E-state index contributed by atoms with van der Waals surface area (Å²) in [5.74, 6) is 0. The Morgan fingerprint density at radius 1 is 0.550 bits per heavy atom. The van der Waals surface area contributed by atoms with Crippen LogP contribution in [-0.4, -0.2) is 23.0 Å². The fourth-order valence-corrected chi connectivity index (χ4v) is 14.4. The highest BCUT2D eigenvalue weighted by atomic mass is 28.3. The van der Waals surface area contributed by atoms with Crippen molar-refractivity contribution in [3.05, 3.63) is 103 Å². The first-order chi connectivity index (χ1) is 19.3. The molecule has 0 N–H and O–H groups in total. The van der Waals surface area contributed by atoms with Gasteiger partial charge in [0.1, 0.15) is 16.1 Å². The Labute approximate surface area is 239 Å². The fraction of sp³-hybridized carbons (Fsp3) is 0.143. The minimum atomic E-state index is -1.91. The molecular formula is C35H31BN2Si2. The van der Waals surface area contributed by atoms with E-state index in [1.165, 1.54) is 61.2 Å². The molecule has 0 saturated carbocycles. The molecule has 5 aromatic carbocycles. The summed E-state index contributed by atoms with van der Waals surface area (Å²) in [5, 5.41) is 6.19. The summed E-state index contributed by atoms with van der Waals surface area (Å²) in [7, 11) is -3.80. The van der Waals surface area contributed by atoms with Gasteiger partial charge in [-0.25, -0.2) is 0 Å². The second-order valence-corrected chi connectivity index (χ2v) is 21.7. The highest BCUT2D eigenvalue weighted by Gasteiger charge is 2.52. The van der Waals surface area contributed by atoms with Crippen LogP contribution in [0.1, 0.15) is 5.56 Å². The molecule has 0 aromatic heterocycles. The highest BCUT2D eigenvalue weighted by Crippen LogP contribution is 2.48. The van der Waals surface area contributed by atoms with Gasteiger partial charge in [-0.1, -0.05) is 105 Å². The van der Waals surface area contributed by atoms with Crippen molar-refractivity contribution in [3.8, 4) is 11.1 Å². The molecule has 0 atom stereocenters. The van der Waals surface area contributed by atoms with Gasteiger partial charge in [0.2, 0.25) is 0 Å². The number of hydrogen-bond acceptors (Lipinski definition) is 2. The van der Waals surface area contributed by atoms with Gasteiger partial charge in [0.25, 0.3) is 0 Å². The van der Waals surface area contributed by atoms with Crippen LogP contribution in [0.4, 0.5) is 28.4 Å². The number of anilines is 5. The number of rotatable bonds is 0. The topological polar surface area (TPSA) is 6.48 Å². The molecule has 0 unspecified atom stereocenters. The molecule has 4 aliphatic heterocycles. The van der Waals surface area contributed by atoms with E-state index in [0.29, 0.717) is 0 Å². The number of hydrogen-bond donors (Lipinski definition) is 0. The van der Waals surface area contributed by atoms with E-state index in [4.69, 9.17) is 0 Å². The summed E-state index contributed by atoms with van der Waals surface area (Å²) in [6, 6.07) is 37.7. The van der Waals surface area contributed by atoms with Crippen molar-refractivity contribution in [2.24, 2.45) is 0 Å². The van der Waals surface area contributed by atoms with E-state index in [-0.39, 0.29) is 6.85 Å². The number of aryl methyl sites for hydroxylation is 1. The minimum absolute atomic E-state index is 0.145. The molecular weight excluding hydrogens is 515 g/mol. The summed E-state index contributed by atoms with van der Waals surface area (Å²) in [5.41, 5.74) is 14.0. The van der Waals surface area contributed by atoms with Crippen molar-refractivity contribution < 1.29 is 0 Å². The molecule has 0 amide bonds. The first-order valence-electron chi connectivity index (χ1n) is 14.5. The maximum atomic E-state index is 2.74. The van der Waals surface area contributed by atoms with Gasteiger partial charge >= 0.3 is 6.85 Å². The van der Waals surface area contributed by atoms with E-state index in [2.05, 4.69) is 140 Å². The van der Waals surface area contributed by atoms with Gasteiger partial charge < -0.3 is 9.71 Å². The molecule has 4 aliphatic rings. The average Bonchev–Trinajstić information content (AvgIpc) is 2.95. The first-order valence-corrected chi connectivity index (χ1v) is 20.5. The van der Waals surface area contributed by atoms with Crippen molar-refractivity contribution >= 4 is 83.1 Å². The van der Waals surface area contributed by atoms with Crippen LogP contribution >= 0.6 is 0 Å². The van der Waals surface area contributed by atoms with Gasteiger partial charge in [-0.15, -0.1) is 0 Å². The van der Waals surface area contributed by atoms with Crippen LogP contribution in [0.2, 0.25) is 26.2 Å². The molecule has 4 heterocycles. The Balaban J connectivity index is 1.48. The molecule has 5 aromatic rings. The summed E-state index contributed by atoms with van der Waals surface area (Å²) in [6.07, 6.45) is 0. The molecule has 0 saturated heterocycles. The third-order valence-electron chi connectivity index (χ3n) is 10.2. The van der Waals surface area contributed by atoms with Crippen molar-refractivity contribution in [3.63, 3.8) is 0 Å². The van der Waals surface area contributed by atoms with Crippen molar-refractivity contribution in [1.29, 1.82) is 0 Å². The Morgan fingerprint density at radius 2 is 1.15 bits per heavy atom. The molecule has 0 spiro atoms. The Hall–Kier alpha value is -3.80. The zero-order chi connectivity index (χ0) is 27.1. The molecule has 192 valence electrons. The van der Waals surface area contributed by atoms with Gasteiger partial charge in [-0.2, -0.15) is 0 Å². The Bertz CT molecular complexity index is 1960. The predicted octanol–water partition coefficient (Wildman–Crippen LogP) is 4.97. The molecule has 9 rings (SSSR count). The van der Waals surface area contributed by atoms with Crippen LogP contribution in [0.15, 0.2) is 97.1 Å². The maximum Gasteiger partial charge on any atom is 0.333 e. The van der Waals surface area contributed by atoms with Gasteiger partial charge in [0.05, 0.1) is 0 Å². The third kappa shape index (κ3) is 2.52. The van der Waals surface area contributed by atoms with Crippen molar-refractivity contribution in [2.75, 3.05) is 9.71 Å². The monoisotopic (exact) mass is 546 g/mol. The lowest BCUT2D eigenvalue weighted by Crippen LogP contribution is -2.71. The normalized spacial score (nSPS) is 17.4. The van der Waals surface area contributed by atoms with Crippen LogP contribution in [0.25, 0.3) is 11.1 Å². The Morgan fingerprint density at radius 3 is 1.90 bits per heavy atom. The molecule has 0 fully saturated rings. The zero-order valence-electron chi connectivity index (χ0n) is 23.7. The average molecular weight is 547 g/mol. The lowest BCUT2D eigenvalue weighted by atomic mass is 9.43. The lowest BCUT2D eigenvalue weighted by molar-refractivity contribution is 1.26. The largest absolute Gasteiger partial charge is 0.377 e. The highest BCUT2D eigenvalue weighted by molar-refractivity contribution is 7.06. The van der Waals surface area contributed by atoms with E-state index in [1.54, 1.807) is 15.6 Å². The van der Waals surface area contributed by atoms with Gasteiger partial charge in [-0.05, 0) is 67.9 Å². The number of nitrogens with zero attached hydrogens (tertiary/aromatic N) is 2. The number of benzene rings is 5. The predicted molar refractivity (Wildman–Crippen MR) is 178 cm³/mol. The molecule has 0 bridgehead atoms. The maximum absolute atomic E-state index is 2.74. The van der Waals surface area contributed by atoms with Crippen LogP contribution in [0, 0.1) is 6.92 Å². The standard InChI is InChI=1S/C35H31BN2Si2/c1-22-20-24-23-12-10-18-31-34(23)38(27-15-7-9-17-30(27)40(31,4)5)36-25-13-11-19-32-35(25)37(28(21-22)33(24)36)26-14-6-8-16-29(26)39(32,2)3/h6-21H,1-5H3. The van der Waals surface area contributed by atoms with Crippen LogP contribution in [-0.2, 0) is 0 Å². The van der Waals surface area contributed by atoms with Crippen molar-refractivity contribution in [2.45, 2.75) is 33.1 Å². The summed E-state index contributed by atoms with van der Waals surface area (Å²) in [4.78, 5) is 5.37. The zero-order valence-corrected chi connectivity index (χ0v) is 25.7. The molecule has 0 radical (unpaired) electrons. The summed E-state index contributed by atoms with van der Waals surface area (Å²) >= 11 is 0. The molecule has 5 heteroatoms. The van der Waals surface area contributed by atoms with Gasteiger partial charge in [0.15, 0.2) is 0 Å². The number of para-hydroxylation sites is 4. The number of fused-ring (bicyclic) bond motifs is 8. The van der Waals surface area contributed by atoms with Gasteiger partial charge in [0, 0.05) is 34.0 Å². The first kappa shape index (κ1) is 23.0. The minimum Gasteiger partial charge on any atom is -0.377 e. The van der Waals surface area contributed by atoms with E-state index in [9.17, 15) is 0 Å². The SMILES string of the molecule is Cc1cc2c3c(c1)N1c4ccccc4[Si](C)(C)c4cccc(c41)B3N1c3ccccc3[Si](C)(C)c3cccc-2c31. The van der Waals surface area contributed by atoms with E-state index < -0.39 is 16.1 Å².